The Balaban J connectivity index is 1.21. The minimum atomic E-state index is -2.46. The van der Waals surface area contributed by atoms with E-state index in [1.165, 1.54) is 29.1 Å². The predicted molar refractivity (Wildman–Crippen MR) is 181 cm³/mol. The molecule has 1 aliphatic carbocycles. The van der Waals surface area contributed by atoms with E-state index >= 15 is 0 Å². The number of anilines is 1. The second-order valence-electron chi connectivity index (χ2n) is 13.3. The highest BCUT2D eigenvalue weighted by atomic mass is 32.3. The van der Waals surface area contributed by atoms with Gasteiger partial charge in [-0.1, -0.05) is 50.6 Å². The maximum atomic E-state index is 12.0. The average molecular weight is 664 g/mol. The number of hydrogen-bond donors (Lipinski definition) is 2. The predicted octanol–water partition coefficient (Wildman–Crippen LogP) is 5.37. The van der Waals surface area contributed by atoms with Crippen LogP contribution in [0, 0.1) is 20.9 Å². The van der Waals surface area contributed by atoms with Crippen molar-refractivity contribution in [2.75, 3.05) is 56.2 Å². The van der Waals surface area contributed by atoms with Gasteiger partial charge in [-0.2, -0.15) is 15.4 Å². The van der Waals surface area contributed by atoms with Crippen molar-refractivity contribution in [3.8, 4) is 11.4 Å². The zero-order valence-corrected chi connectivity index (χ0v) is 27.9. The molecule has 1 atom stereocenters. The summed E-state index contributed by atoms with van der Waals surface area (Å²) in [5.41, 5.74) is 4.84. The van der Waals surface area contributed by atoms with E-state index < -0.39 is 15.5 Å². The first-order valence-corrected chi connectivity index (χ1v) is 17.6. The van der Waals surface area contributed by atoms with Crippen molar-refractivity contribution in [3.05, 3.63) is 81.4 Å². The Kier molecular flexibility index (Phi) is 8.72. The van der Waals surface area contributed by atoms with Crippen LogP contribution < -0.4 is 4.90 Å². The number of nitrogens with zero attached hydrogens (tertiary/aromatic N) is 7. The molecule has 1 fully saturated rings. The molecule has 250 valence electrons. The van der Waals surface area contributed by atoms with Crippen LogP contribution in [0.1, 0.15) is 43.1 Å². The van der Waals surface area contributed by atoms with E-state index in [2.05, 4.69) is 58.1 Å². The van der Waals surface area contributed by atoms with Crippen molar-refractivity contribution in [3.63, 3.8) is 0 Å². The summed E-state index contributed by atoms with van der Waals surface area (Å²) in [6, 6.07) is 12.5. The molecule has 13 nitrogen and oxygen atoms in total. The van der Waals surface area contributed by atoms with Crippen LogP contribution in [-0.2, 0) is 11.3 Å². The van der Waals surface area contributed by atoms with Crippen molar-refractivity contribution < 1.29 is 23.6 Å². The highest BCUT2D eigenvalue weighted by Crippen LogP contribution is 2.55. The van der Waals surface area contributed by atoms with Crippen LogP contribution >= 0.6 is 10.6 Å². The molecule has 2 aliphatic heterocycles. The molecule has 0 saturated carbocycles. The van der Waals surface area contributed by atoms with Gasteiger partial charge in [0.25, 0.3) is 5.69 Å². The number of carbonyl (C=O) groups is 1. The molecule has 1 saturated heterocycles. The molecule has 47 heavy (non-hydrogen) atoms. The van der Waals surface area contributed by atoms with Gasteiger partial charge in [-0.3, -0.25) is 24.1 Å². The summed E-state index contributed by atoms with van der Waals surface area (Å²) >= 11 is 0. The van der Waals surface area contributed by atoms with E-state index in [0.29, 0.717) is 67.7 Å². The number of rotatable bonds is 8. The molecule has 1 aromatic heterocycles. The number of allylic oxidation sites excluding steroid dienone is 2. The number of methoxy groups -OCH3 is 1. The quantitative estimate of drug-likeness (QED) is 0.138. The Bertz CT molecular complexity index is 1740. The highest BCUT2D eigenvalue weighted by molar-refractivity contribution is 8.24. The largest absolute Gasteiger partial charge is 0.465 e. The molecule has 0 spiro atoms. The fraction of sp³-hybridized carbons (Fsp3) is 0.455. The molecule has 6 rings (SSSR count). The molecule has 2 aromatic carbocycles. The number of nitro benzene ring substituents is 1. The fourth-order valence-corrected chi connectivity index (χ4v) is 8.50. The molecule has 0 radical (unpaired) electrons. The molecule has 3 heterocycles. The van der Waals surface area contributed by atoms with Gasteiger partial charge in [-0.15, -0.1) is 10.2 Å². The van der Waals surface area contributed by atoms with Gasteiger partial charge < -0.3 is 9.64 Å². The normalized spacial score (nSPS) is 22.9. The minimum absolute atomic E-state index is 0.0392. The summed E-state index contributed by atoms with van der Waals surface area (Å²) in [4.78, 5) is 29.4. The molecular weight excluding hydrogens is 622 g/mol. The van der Waals surface area contributed by atoms with E-state index in [0.717, 1.165) is 17.7 Å². The first-order chi connectivity index (χ1) is 22.3. The molecule has 14 heteroatoms. The minimum Gasteiger partial charge on any atom is -0.465 e. The number of non-ortho nitro benzene ring substituents is 1. The van der Waals surface area contributed by atoms with Crippen molar-refractivity contribution in [2.45, 2.75) is 33.7 Å². The monoisotopic (exact) mass is 663 g/mol. The number of ether oxygens (including phenoxy) is 1. The Labute approximate surface area is 275 Å². The van der Waals surface area contributed by atoms with Crippen LogP contribution in [0.2, 0.25) is 0 Å². The van der Waals surface area contributed by atoms with Crippen LogP contribution in [0.25, 0.3) is 17.0 Å². The van der Waals surface area contributed by atoms with E-state index in [9.17, 15) is 24.0 Å². The second kappa shape index (κ2) is 12.5. The number of hydrogen-bond acceptors (Lipinski definition) is 11. The van der Waals surface area contributed by atoms with Crippen LogP contribution in [0.15, 0.2) is 60.2 Å². The van der Waals surface area contributed by atoms with E-state index in [-0.39, 0.29) is 22.5 Å². The van der Waals surface area contributed by atoms with Gasteiger partial charge in [0, 0.05) is 66.9 Å². The maximum Gasteiger partial charge on any atom is 0.337 e. The lowest BCUT2D eigenvalue weighted by Crippen LogP contribution is -2.47. The zero-order valence-electron chi connectivity index (χ0n) is 27.1. The van der Waals surface area contributed by atoms with Gasteiger partial charge in [0.15, 0.2) is 0 Å². The lowest BCUT2D eigenvalue weighted by molar-refractivity contribution is -0.384. The molecule has 0 bridgehead atoms. The van der Waals surface area contributed by atoms with Crippen molar-refractivity contribution in [1.29, 1.82) is 0 Å². The third-order valence-corrected chi connectivity index (χ3v) is 11.4. The second-order valence-corrected chi connectivity index (χ2v) is 15.8. The zero-order chi connectivity index (χ0) is 33.6. The number of aromatic nitrogens is 4. The summed E-state index contributed by atoms with van der Waals surface area (Å²) in [6.07, 6.45) is 5.33. The van der Waals surface area contributed by atoms with Gasteiger partial charge in [0.2, 0.25) is 5.82 Å². The molecule has 0 amide bonds. The SMILES string of the molecule is COC(=O)c1ccc(C2=CCC3(C)CN(c4cc(-c5nnn(CCN6CCS(O)(O)CC6)n5)cc([N+](=O)[O-])c4)CC=C3C2(C)C)cc1. The maximum absolute atomic E-state index is 12.0. The first-order valence-electron chi connectivity index (χ1n) is 15.7. The average Bonchev–Trinajstić information content (AvgIpc) is 3.52. The molecule has 1 unspecified atom stereocenters. The lowest BCUT2D eigenvalue weighted by atomic mass is 9.58. The van der Waals surface area contributed by atoms with Crippen LogP contribution in [-0.4, -0.2) is 96.4 Å². The van der Waals surface area contributed by atoms with Crippen molar-refractivity contribution >= 4 is 33.5 Å². The van der Waals surface area contributed by atoms with Crippen LogP contribution in [0.4, 0.5) is 11.4 Å². The molecular formula is C33H41N7O6S. The summed E-state index contributed by atoms with van der Waals surface area (Å²) in [5.74, 6) is 0.685. The lowest BCUT2D eigenvalue weighted by Gasteiger charge is -2.51. The molecule has 3 aromatic rings. The Morgan fingerprint density at radius 3 is 2.45 bits per heavy atom. The number of esters is 1. The highest BCUT2D eigenvalue weighted by Gasteiger charge is 2.46. The fourth-order valence-electron chi connectivity index (χ4n) is 7.19. The Morgan fingerprint density at radius 1 is 1.04 bits per heavy atom. The number of fused-ring (bicyclic) bond motifs is 1. The Morgan fingerprint density at radius 2 is 1.77 bits per heavy atom. The van der Waals surface area contributed by atoms with Crippen molar-refractivity contribution in [1.82, 2.24) is 25.1 Å². The number of tetrazole rings is 1. The van der Waals surface area contributed by atoms with E-state index in [1.807, 2.05) is 18.2 Å². The molecule has 3 aliphatic rings. The number of carbonyl (C=O) groups excluding carboxylic acids is 1. The first kappa shape index (κ1) is 32.8. The van der Waals surface area contributed by atoms with Crippen LogP contribution in [0.5, 0.6) is 0 Å². The standard InChI is InChI=1S/C33H41N7O6S/c1-32(2)28(23-5-7-24(8-6-23)31(41)46-4)9-11-33(3)22-38(12-10-29(32)33)26-19-25(20-27(21-26)40(42)43)30-34-36-39(35-30)14-13-37-15-17-47(44,45)18-16-37/h5-10,19-21,44-45H,11-18,22H2,1-4H3. The van der Waals surface area contributed by atoms with E-state index in [1.54, 1.807) is 18.2 Å². The summed E-state index contributed by atoms with van der Waals surface area (Å²) in [7, 11) is -1.09. The van der Waals surface area contributed by atoms with Gasteiger partial charge in [0.1, 0.15) is 0 Å². The van der Waals surface area contributed by atoms with Gasteiger partial charge in [-0.25, -0.2) is 4.79 Å². The summed E-state index contributed by atoms with van der Waals surface area (Å²) in [5, 5.41) is 24.9. The molecule has 2 N–H and O–H groups in total. The van der Waals surface area contributed by atoms with Gasteiger partial charge in [0.05, 0.1) is 35.6 Å². The number of nitro groups is 1. The van der Waals surface area contributed by atoms with Crippen LogP contribution in [0.3, 0.4) is 0 Å². The van der Waals surface area contributed by atoms with Crippen molar-refractivity contribution in [2.24, 2.45) is 10.8 Å². The number of benzene rings is 2. The summed E-state index contributed by atoms with van der Waals surface area (Å²) < 4.78 is 24.6. The third kappa shape index (κ3) is 6.68. The topological polar surface area (TPSA) is 160 Å². The van der Waals surface area contributed by atoms with Gasteiger partial charge >= 0.3 is 5.97 Å². The van der Waals surface area contributed by atoms with Gasteiger partial charge in [-0.05, 0) is 41.0 Å². The Hall–Kier alpha value is -4.11. The smallest absolute Gasteiger partial charge is 0.337 e. The third-order valence-electron chi connectivity index (χ3n) is 9.70. The summed E-state index contributed by atoms with van der Waals surface area (Å²) in [6.45, 7) is 10.3. The van der Waals surface area contributed by atoms with E-state index in [4.69, 9.17) is 4.74 Å².